The van der Waals surface area contributed by atoms with Crippen molar-refractivity contribution in [1.82, 2.24) is 0 Å². The molecule has 8 heteroatoms. The number of hydrogen-bond donors (Lipinski definition) is 2. The van der Waals surface area contributed by atoms with E-state index < -0.39 is 29.5 Å². The summed E-state index contributed by atoms with van der Waals surface area (Å²) in [7, 11) is 0. The molecule has 3 saturated heterocycles. The maximum absolute atomic E-state index is 13.3. The standard InChI is InChI=1S/C28H44O8/c1-6-7-8-9-10-11-22(29)34-21-15-19(36-32)16(2)14-20-24-23-18(12-13-27(24,4)31)17(3)26(30)35-28(21,5)25(23)33-20/h17-21,23-25,31-32H,2,6-15H2,1,3-5H3/t17-,18+,19-,20+,21-,23+,24+,25+,27-,28+/m1/s1. The Balaban J connectivity index is 1.69. The number of carbonyl (C=O) groups is 2. The lowest BCUT2D eigenvalue weighted by atomic mass is 9.58. The Kier molecular flexibility index (Phi) is 8.20. The number of carbonyl (C=O) groups excluding carboxylic acids is 2. The van der Waals surface area contributed by atoms with Gasteiger partial charge in [0, 0.05) is 24.7 Å². The minimum Gasteiger partial charge on any atom is -0.458 e. The van der Waals surface area contributed by atoms with Gasteiger partial charge >= 0.3 is 11.9 Å². The van der Waals surface area contributed by atoms with Crippen LogP contribution in [-0.4, -0.2) is 57.9 Å². The van der Waals surface area contributed by atoms with Gasteiger partial charge in [0.1, 0.15) is 18.3 Å². The second-order valence-corrected chi connectivity index (χ2v) is 12.0. The van der Waals surface area contributed by atoms with E-state index in [2.05, 4.69) is 13.5 Å². The van der Waals surface area contributed by atoms with E-state index in [0.717, 1.165) is 32.1 Å². The fourth-order valence-electron chi connectivity index (χ4n) is 7.35. The summed E-state index contributed by atoms with van der Waals surface area (Å²) in [6.07, 6.45) is 4.34. The van der Waals surface area contributed by atoms with Crippen LogP contribution in [0.4, 0.5) is 0 Å². The molecule has 36 heavy (non-hydrogen) atoms. The third-order valence-corrected chi connectivity index (χ3v) is 9.45. The molecule has 3 aliphatic heterocycles. The monoisotopic (exact) mass is 508 g/mol. The number of rotatable bonds is 8. The molecule has 4 fully saturated rings. The van der Waals surface area contributed by atoms with Gasteiger partial charge in [-0.05, 0) is 51.0 Å². The molecule has 0 aromatic heterocycles. The molecule has 0 aromatic rings. The fourth-order valence-corrected chi connectivity index (χ4v) is 7.35. The van der Waals surface area contributed by atoms with Crippen molar-refractivity contribution in [2.75, 3.05) is 0 Å². The topological polar surface area (TPSA) is 112 Å². The molecule has 2 bridgehead atoms. The Labute approximate surface area is 214 Å². The Morgan fingerprint density at radius 1 is 1.22 bits per heavy atom. The summed E-state index contributed by atoms with van der Waals surface area (Å²) >= 11 is 0. The van der Waals surface area contributed by atoms with E-state index in [0.29, 0.717) is 24.8 Å². The van der Waals surface area contributed by atoms with E-state index >= 15 is 0 Å². The molecule has 1 aliphatic carbocycles. The van der Waals surface area contributed by atoms with E-state index in [1.807, 2.05) is 13.8 Å². The van der Waals surface area contributed by atoms with Crippen LogP contribution in [0.25, 0.3) is 0 Å². The van der Waals surface area contributed by atoms with Crippen molar-refractivity contribution in [2.24, 2.45) is 23.7 Å². The maximum atomic E-state index is 13.3. The van der Waals surface area contributed by atoms with Crippen molar-refractivity contribution >= 4 is 11.9 Å². The molecule has 8 nitrogen and oxygen atoms in total. The van der Waals surface area contributed by atoms with E-state index in [9.17, 15) is 20.0 Å². The predicted octanol–water partition coefficient (Wildman–Crippen LogP) is 4.58. The Morgan fingerprint density at radius 3 is 2.64 bits per heavy atom. The first-order valence-electron chi connectivity index (χ1n) is 13.8. The average Bonchev–Trinajstić information content (AvgIpc) is 3.19. The number of ether oxygens (including phenoxy) is 3. The van der Waals surface area contributed by atoms with Gasteiger partial charge in [0.05, 0.1) is 17.6 Å². The highest BCUT2D eigenvalue weighted by Gasteiger charge is 2.68. The van der Waals surface area contributed by atoms with Gasteiger partial charge in [0.2, 0.25) is 0 Å². The van der Waals surface area contributed by atoms with E-state index in [-0.39, 0.29) is 54.6 Å². The van der Waals surface area contributed by atoms with Crippen LogP contribution in [-0.2, 0) is 28.7 Å². The quantitative estimate of drug-likeness (QED) is 0.161. The minimum atomic E-state index is -1.30. The largest absolute Gasteiger partial charge is 0.458 e. The Morgan fingerprint density at radius 2 is 1.94 bits per heavy atom. The molecule has 2 N–H and O–H groups in total. The predicted molar refractivity (Wildman–Crippen MR) is 132 cm³/mol. The van der Waals surface area contributed by atoms with Crippen molar-refractivity contribution < 1.29 is 39.1 Å². The highest BCUT2D eigenvalue weighted by Crippen LogP contribution is 2.59. The molecular formula is C28H44O8. The molecule has 204 valence electrons. The van der Waals surface area contributed by atoms with E-state index in [4.69, 9.17) is 19.1 Å². The summed E-state index contributed by atoms with van der Waals surface area (Å²) in [5.74, 6) is -1.49. The second kappa shape index (κ2) is 10.7. The summed E-state index contributed by atoms with van der Waals surface area (Å²) in [5, 5.41) is 21.2. The van der Waals surface area contributed by atoms with Crippen LogP contribution in [0.1, 0.15) is 91.9 Å². The van der Waals surface area contributed by atoms with Crippen LogP contribution >= 0.6 is 0 Å². The Hall–Kier alpha value is -1.48. The summed E-state index contributed by atoms with van der Waals surface area (Å²) in [4.78, 5) is 31.1. The van der Waals surface area contributed by atoms with Crippen LogP contribution in [0.3, 0.4) is 0 Å². The normalized spacial score (nSPS) is 44.2. The van der Waals surface area contributed by atoms with E-state index in [1.54, 1.807) is 6.92 Å². The summed E-state index contributed by atoms with van der Waals surface area (Å²) in [6, 6.07) is 0. The second-order valence-electron chi connectivity index (χ2n) is 12.0. The van der Waals surface area contributed by atoms with Gasteiger partial charge in [-0.2, -0.15) is 0 Å². The molecule has 0 radical (unpaired) electrons. The van der Waals surface area contributed by atoms with Crippen LogP contribution in [0.15, 0.2) is 12.2 Å². The average molecular weight is 509 g/mol. The Bertz CT molecular complexity index is 839. The van der Waals surface area contributed by atoms with Gasteiger partial charge in [-0.1, -0.05) is 46.1 Å². The fraction of sp³-hybridized carbons (Fsp3) is 0.857. The molecule has 10 atom stereocenters. The zero-order valence-electron chi connectivity index (χ0n) is 22.2. The molecule has 3 heterocycles. The van der Waals surface area contributed by atoms with Crippen LogP contribution < -0.4 is 0 Å². The van der Waals surface area contributed by atoms with Crippen molar-refractivity contribution in [1.29, 1.82) is 0 Å². The number of fused-ring (bicyclic) bond motifs is 2. The summed E-state index contributed by atoms with van der Waals surface area (Å²) in [6.45, 7) is 11.8. The van der Waals surface area contributed by atoms with E-state index in [1.165, 1.54) is 0 Å². The number of unbranched alkanes of at least 4 members (excludes halogenated alkanes) is 4. The van der Waals surface area contributed by atoms with Crippen LogP contribution in [0.5, 0.6) is 0 Å². The molecule has 0 aromatic carbocycles. The van der Waals surface area contributed by atoms with Gasteiger partial charge in [0.15, 0.2) is 5.60 Å². The van der Waals surface area contributed by atoms with Crippen LogP contribution in [0.2, 0.25) is 0 Å². The van der Waals surface area contributed by atoms with Gasteiger partial charge in [-0.15, -0.1) is 0 Å². The smallest absolute Gasteiger partial charge is 0.309 e. The molecular weight excluding hydrogens is 464 g/mol. The first-order chi connectivity index (χ1) is 17.0. The number of aliphatic hydroxyl groups is 1. The first-order valence-corrected chi connectivity index (χ1v) is 13.8. The third-order valence-electron chi connectivity index (χ3n) is 9.45. The molecule has 0 unspecified atom stereocenters. The molecule has 0 amide bonds. The van der Waals surface area contributed by atoms with Crippen molar-refractivity contribution in [3.63, 3.8) is 0 Å². The molecule has 4 rings (SSSR count). The van der Waals surface area contributed by atoms with Crippen molar-refractivity contribution in [2.45, 2.75) is 128 Å². The zero-order chi connectivity index (χ0) is 26.3. The van der Waals surface area contributed by atoms with Gasteiger partial charge in [-0.3, -0.25) is 14.8 Å². The lowest BCUT2D eigenvalue weighted by Crippen LogP contribution is -2.58. The third kappa shape index (κ3) is 4.98. The van der Waals surface area contributed by atoms with Gasteiger partial charge in [-0.25, -0.2) is 4.89 Å². The molecule has 0 spiro atoms. The van der Waals surface area contributed by atoms with Gasteiger partial charge < -0.3 is 19.3 Å². The number of esters is 2. The SMILES string of the molecule is C=C1C[C@@H]2O[C@H]3[C@H]4[C@@H](CC[C@@](C)(O)[C@H]42)[C@@H](C)C(=O)O[C@@]3(C)[C@H](OC(=O)CCCCCCC)C[C@H]1OO. The first kappa shape index (κ1) is 27.6. The van der Waals surface area contributed by atoms with Crippen molar-refractivity contribution in [3.8, 4) is 0 Å². The highest BCUT2D eigenvalue weighted by molar-refractivity contribution is 5.74. The van der Waals surface area contributed by atoms with Crippen LogP contribution in [0, 0.1) is 23.7 Å². The molecule has 1 saturated carbocycles. The lowest BCUT2D eigenvalue weighted by molar-refractivity contribution is -0.279. The lowest BCUT2D eigenvalue weighted by Gasteiger charge is -2.47. The summed E-state index contributed by atoms with van der Waals surface area (Å²) in [5.41, 5.74) is -1.69. The maximum Gasteiger partial charge on any atom is 0.309 e. The number of hydrogen-bond acceptors (Lipinski definition) is 8. The summed E-state index contributed by atoms with van der Waals surface area (Å²) < 4.78 is 18.9. The van der Waals surface area contributed by atoms with Gasteiger partial charge in [0.25, 0.3) is 0 Å². The highest BCUT2D eigenvalue weighted by atomic mass is 17.1. The zero-order valence-corrected chi connectivity index (χ0v) is 22.2. The minimum absolute atomic E-state index is 0.00736. The molecule has 4 aliphatic rings. The van der Waals surface area contributed by atoms with Crippen molar-refractivity contribution in [3.05, 3.63) is 12.2 Å².